The van der Waals surface area contributed by atoms with Crippen molar-refractivity contribution < 1.29 is 9.84 Å². The zero-order valence-electron chi connectivity index (χ0n) is 17.3. The van der Waals surface area contributed by atoms with Gasteiger partial charge in [0.1, 0.15) is 29.4 Å². The average molecular weight is 408 g/mol. The number of nitriles is 3. The van der Waals surface area contributed by atoms with Gasteiger partial charge >= 0.3 is 0 Å². The number of para-hydroxylation sites is 1. The van der Waals surface area contributed by atoms with Gasteiger partial charge in [0, 0.05) is 35.1 Å². The Morgan fingerprint density at radius 1 is 1.19 bits per heavy atom. The summed E-state index contributed by atoms with van der Waals surface area (Å²) in [6, 6.07) is 13.5. The van der Waals surface area contributed by atoms with Crippen molar-refractivity contribution in [3.05, 3.63) is 88.5 Å². The first-order valence-electron chi connectivity index (χ1n) is 9.64. The third kappa shape index (κ3) is 4.20. The summed E-state index contributed by atoms with van der Waals surface area (Å²) in [5.74, 6) is 0.0209. The van der Waals surface area contributed by atoms with Crippen LogP contribution in [0.4, 0.5) is 5.69 Å². The summed E-state index contributed by atoms with van der Waals surface area (Å²) in [4.78, 5) is 1.98. The van der Waals surface area contributed by atoms with Crippen LogP contribution in [0.15, 0.2) is 83.0 Å². The molecular formula is C25H20N4O2. The zero-order valence-corrected chi connectivity index (χ0v) is 17.3. The molecule has 152 valence electrons. The molecule has 0 bridgehead atoms. The molecule has 3 rings (SSSR count). The number of allylic oxidation sites excluding steroid dienone is 5. The van der Waals surface area contributed by atoms with Gasteiger partial charge in [-0.2, -0.15) is 15.8 Å². The molecule has 6 heteroatoms. The van der Waals surface area contributed by atoms with Crippen LogP contribution < -0.4 is 4.90 Å². The van der Waals surface area contributed by atoms with Crippen LogP contribution in [-0.4, -0.2) is 23.9 Å². The van der Waals surface area contributed by atoms with Crippen LogP contribution in [0.1, 0.15) is 19.4 Å². The number of aliphatic hydroxyl groups excluding tert-OH is 1. The van der Waals surface area contributed by atoms with Crippen molar-refractivity contribution in [3.8, 4) is 18.2 Å². The van der Waals surface area contributed by atoms with E-state index in [4.69, 9.17) is 15.3 Å². The van der Waals surface area contributed by atoms with Crippen LogP contribution in [0, 0.1) is 34.0 Å². The van der Waals surface area contributed by atoms with Crippen molar-refractivity contribution in [1.29, 1.82) is 15.8 Å². The van der Waals surface area contributed by atoms with E-state index in [0.29, 0.717) is 12.1 Å². The maximum atomic E-state index is 9.58. The Morgan fingerprint density at radius 3 is 2.61 bits per heavy atom. The minimum Gasteiger partial charge on any atom is -0.480 e. The van der Waals surface area contributed by atoms with Gasteiger partial charge in [-0.1, -0.05) is 30.4 Å². The van der Waals surface area contributed by atoms with E-state index in [2.05, 4.69) is 11.8 Å². The average Bonchev–Trinajstić information content (AvgIpc) is 3.03. The summed E-state index contributed by atoms with van der Waals surface area (Å²) in [6.45, 7) is 4.12. The first kappa shape index (κ1) is 21.4. The Bertz CT molecular complexity index is 1200. The number of nitrogens with zero attached hydrogens (tertiary/aromatic N) is 4. The van der Waals surface area contributed by atoms with Crippen molar-refractivity contribution in [2.45, 2.75) is 19.4 Å². The highest BCUT2D eigenvalue weighted by Crippen LogP contribution is 2.40. The second kappa shape index (κ2) is 9.04. The van der Waals surface area contributed by atoms with Gasteiger partial charge in [-0.3, -0.25) is 0 Å². The number of rotatable bonds is 4. The molecule has 6 nitrogen and oxygen atoms in total. The van der Waals surface area contributed by atoms with Crippen LogP contribution in [0.2, 0.25) is 0 Å². The first-order valence-corrected chi connectivity index (χ1v) is 9.64. The van der Waals surface area contributed by atoms with Gasteiger partial charge in [0.25, 0.3) is 0 Å². The Balaban J connectivity index is 1.99. The SMILES string of the molecule is CC1(C)OC(=C(C#N)C#N)C(C#N)=C1C=CC=C=C1C=CN(CCO)c2ccccc21. The van der Waals surface area contributed by atoms with E-state index in [9.17, 15) is 10.4 Å². The fourth-order valence-corrected chi connectivity index (χ4v) is 3.48. The number of hydrogen-bond donors (Lipinski definition) is 1. The normalized spacial score (nSPS) is 16.2. The van der Waals surface area contributed by atoms with Gasteiger partial charge in [0.15, 0.2) is 11.3 Å². The van der Waals surface area contributed by atoms with Crippen molar-refractivity contribution in [2.24, 2.45) is 0 Å². The second-order valence-electron chi connectivity index (χ2n) is 7.27. The monoisotopic (exact) mass is 408 g/mol. The van der Waals surface area contributed by atoms with E-state index < -0.39 is 5.60 Å². The highest BCUT2D eigenvalue weighted by atomic mass is 16.5. The highest BCUT2D eigenvalue weighted by Gasteiger charge is 2.38. The molecule has 2 aliphatic rings. The molecule has 0 fully saturated rings. The lowest BCUT2D eigenvalue weighted by atomic mass is 9.94. The molecule has 0 aromatic heterocycles. The molecule has 0 saturated heterocycles. The number of benzene rings is 1. The lowest BCUT2D eigenvalue weighted by molar-refractivity contribution is 0.0954. The van der Waals surface area contributed by atoms with Gasteiger partial charge < -0.3 is 14.7 Å². The minimum atomic E-state index is -0.848. The van der Waals surface area contributed by atoms with Crippen molar-refractivity contribution in [2.75, 3.05) is 18.1 Å². The summed E-state index contributed by atoms with van der Waals surface area (Å²) in [6.07, 6.45) is 9.07. The molecule has 2 heterocycles. The number of aliphatic hydroxyl groups is 1. The summed E-state index contributed by atoms with van der Waals surface area (Å²) >= 11 is 0. The molecule has 0 spiro atoms. The molecule has 2 aliphatic heterocycles. The maximum absolute atomic E-state index is 9.58. The second-order valence-corrected chi connectivity index (χ2v) is 7.27. The van der Waals surface area contributed by atoms with Gasteiger partial charge in [-0.25, -0.2) is 0 Å². The molecule has 0 amide bonds. The van der Waals surface area contributed by atoms with Gasteiger partial charge in [0.05, 0.1) is 6.61 Å². The van der Waals surface area contributed by atoms with Crippen molar-refractivity contribution in [3.63, 3.8) is 0 Å². The van der Waals surface area contributed by atoms with Crippen LogP contribution >= 0.6 is 0 Å². The molecule has 1 aromatic carbocycles. The molecule has 0 saturated carbocycles. The standard InChI is InChI=1S/C25H20N4O2/c1-25(2)22(21(17-28)24(31-25)19(15-26)16-27)9-5-3-7-18-11-12-29(13-14-30)23-10-6-4-8-20(18)23/h3-6,8-12,30H,13-14H2,1-2H3. The molecule has 0 radical (unpaired) electrons. The third-order valence-corrected chi connectivity index (χ3v) is 4.93. The van der Waals surface area contributed by atoms with Gasteiger partial charge in [-0.05, 0) is 32.1 Å². The fraction of sp³-hybridized carbons (Fsp3) is 0.200. The Kier molecular flexibility index (Phi) is 6.25. The Hall–Kier alpha value is -4.27. The highest BCUT2D eigenvalue weighted by molar-refractivity contribution is 5.85. The summed E-state index contributed by atoms with van der Waals surface area (Å²) in [5, 5.41) is 37.1. The fourth-order valence-electron chi connectivity index (χ4n) is 3.48. The van der Waals surface area contributed by atoms with E-state index in [-0.39, 0.29) is 23.5 Å². The number of hydrogen-bond acceptors (Lipinski definition) is 6. The van der Waals surface area contributed by atoms with Gasteiger partial charge in [0.2, 0.25) is 0 Å². The lowest BCUT2D eigenvalue weighted by Crippen LogP contribution is -2.23. The number of fused-ring (bicyclic) bond motifs is 1. The minimum absolute atomic E-state index is 0.0209. The predicted molar refractivity (Wildman–Crippen MR) is 117 cm³/mol. The summed E-state index contributed by atoms with van der Waals surface area (Å²) in [7, 11) is 0. The van der Waals surface area contributed by atoms with Crippen molar-refractivity contribution in [1.82, 2.24) is 0 Å². The molecule has 0 unspecified atom stereocenters. The molecule has 1 aromatic rings. The largest absolute Gasteiger partial charge is 0.480 e. The quantitative estimate of drug-likeness (QED) is 0.458. The topological polar surface area (TPSA) is 104 Å². The van der Waals surface area contributed by atoms with E-state index in [0.717, 1.165) is 16.8 Å². The number of β-amino-alcohol motifs (C(OH)–C–C–N with tert-alkyl or cyclic N) is 1. The molecule has 31 heavy (non-hydrogen) atoms. The van der Waals surface area contributed by atoms with Crippen LogP contribution in [0.5, 0.6) is 0 Å². The molecule has 0 aliphatic carbocycles. The summed E-state index contributed by atoms with van der Waals surface area (Å²) < 4.78 is 5.75. The molecule has 0 atom stereocenters. The Labute approximate surface area is 181 Å². The Morgan fingerprint density at radius 2 is 1.94 bits per heavy atom. The van der Waals surface area contributed by atoms with E-state index in [1.54, 1.807) is 44.2 Å². The lowest BCUT2D eigenvalue weighted by Gasteiger charge is -2.26. The van der Waals surface area contributed by atoms with E-state index in [1.807, 2.05) is 41.4 Å². The van der Waals surface area contributed by atoms with E-state index >= 15 is 0 Å². The number of anilines is 1. The first-order chi connectivity index (χ1) is 15.0. The third-order valence-electron chi connectivity index (χ3n) is 4.93. The summed E-state index contributed by atoms with van der Waals surface area (Å²) in [5.41, 5.74) is 5.84. The van der Waals surface area contributed by atoms with Crippen LogP contribution in [0.25, 0.3) is 5.57 Å². The van der Waals surface area contributed by atoms with Crippen LogP contribution in [0.3, 0.4) is 0 Å². The van der Waals surface area contributed by atoms with Gasteiger partial charge in [-0.15, -0.1) is 5.73 Å². The number of ether oxygens (including phenoxy) is 1. The van der Waals surface area contributed by atoms with Crippen LogP contribution in [-0.2, 0) is 4.74 Å². The predicted octanol–water partition coefficient (Wildman–Crippen LogP) is 4.04. The molecule has 1 N–H and O–H groups in total. The molecular weight excluding hydrogens is 388 g/mol. The maximum Gasteiger partial charge on any atom is 0.172 e. The van der Waals surface area contributed by atoms with E-state index in [1.165, 1.54) is 0 Å². The zero-order chi connectivity index (χ0) is 22.4. The van der Waals surface area contributed by atoms with Crippen molar-refractivity contribution >= 4 is 11.3 Å². The smallest absolute Gasteiger partial charge is 0.172 e.